The van der Waals surface area contributed by atoms with Crippen molar-refractivity contribution in [2.75, 3.05) is 46.1 Å². The molecule has 2 aromatic carbocycles. The highest BCUT2D eigenvalue weighted by Crippen LogP contribution is 2.30. The van der Waals surface area contributed by atoms with Crippen LogP contribution in [0.15, 0.2) is 48.0 Å². The summed E-state index contributed by atoms with van der Waals surface area (Å²) < 4.78 is 23.0. The van der Waals surface area contributed by atoms with Gasteiger partial charge in [-0.05, 0) is 76.9 Å². The fourth-order valence-corrected chi connectivity index (χ4v) is 3.67. The van der Waals surface area contributed by atoms with Crippen molar-refractivity contribution in [1.29, 1.82) is 0 Å². The van der Waals surface area contributed by atoms with E-state index in [1.165, 1.54) is 16.7 Å². The Labute approximate surface area is 212 Å². The van der Waals surface area contributed by atoms with E-state index in [0.29, 0.717) is 26.4 Å². The molecule has 0 fully saturated rings. The topological polar surface area (TPSA) is 52.2 Å². The van der Waals surface area contributed by atoms with Crippen LogP contribution in [0, 0.1) is 0 Å². The van der Waals surface area contributed by atoms with Gasteiger partial charge in [-0.3, -0.25) is 4.90 Å². The maximum atomic E-state index is 5.82. The highest BCUT2D eigenvalue weighted by Gasteiger charge is 2.11. The van der Waals surface area contributed by atoms with Crippen LogP contribution in [-0.2, 0) is 13.1 Å². The van der Waals surface area contributed by atoms with Crippen LogP contribution in [-0.4, -0.2) is 51.0 Å². The summed E-state index contributed by atoms with van der Waals surface area (Å²) in [4.78, 5) is 2.44. The van der Waals surface area contributed by atoms with Crippen molar-refractivity contribution in [3.63, 3.8) is 0 Å². The third-order valence-corrected chi connectivity index (χ3v) is 5.31. The van der Waals surface area contributed by atoms with Crippen LogP contribution in [0.4, 0.5) is 0 Å². The summed E-state index contributed by atoms with van der Waals surface area (Å²) in [6.45, 7) is 19.1. The highest BCUT2D eigenvalue weighted by molar-refractivity contribution is 5.44. The first-order valence-corrected chi connectivity index (χ1v) is 12.8. The van der Waals surface area contributed by atoms with Gasteiger partial charge in [0.1, 0.15) is 0 Å². The molecule has 6 nitrogen and oxygen atoms in total. The van der Waals surface area contributed by atoms with Crippen molar-refractivity contribution in [3.8, 4) is 23.0 Å². The number of hydrogen-bond acceptors (Lipinski definition) is 6. The minimum atomic E-state index is 0.617. The van der Waals surface area contributed by atoms with Gasteiger partial charge < -0.3 is 24.3 Å². The minimum absolute atomic E-state index is 0.617. The first kappa shape index (κ1) is 28.5. The van der Waals surface area contributed by atoms with Crippen LogP contribution >= 0.6 is 0 Å². The second-order valence-corrected chi connectivity index (χ2v) is 8.49. The van der Waals surface area contributed by atoms with Crippen LogP contribution in [0.1, 0.15) is 52.7 Å². The summed E-state index contributed by atoms with van der Waals surface area (Å²) in [5.74, 6) is 3.22. The van der Waals surface area contributed by atoms with Gasteiger partial charge >= 0.3 is 0 Å². The van der Waals surface area contributed by atoms with Crippen molar-refractivity contribution in [3.05, 3.63) is 59.2 Å². The lowest BCUT2D eigenvalue weighted by atomic mass is 10.1. The fraction of sp³-hybridized carbons (Fsp3) is 0.517. The zero-order valence-electron chi connectivity index (χ0n) is 22.5. The normalized spacial score (nSPS) is 10.8. The summed E-state index contributed by atoms with van der Waals surface area (Å²) in [5, 5.41) is 3.58. The Morgan fingerprint density at radius 3 is 1.80 bits per heavy atom. The first-order valence-electron chi connectivity index (χ1n) is 12.8. The van der Waals surface area contributed by atoms with Gasteiger partial charge in [0.05, 0.1) is 26.4 Å². The molecular formula is C29H44N2O4. The number of nitrogens with one attached hydrogen (secondary N) is 1. The molecule has 0 atom stereocenters. The Morgan fingerprint density at radius 1 is 0.743 bits per heavy atom. The molecule has 35 heavy (non-hydrogen) atoms. The summed E-state index contributed by atoms with van der Waals surface area (Å²) in [5.41, 5.74) is 3.72. The maximum absolute atomic E-state index is 5.82. The van der Waals surface area contributed by atoms with Gasteiger partial charge in [-0.2, -0.15) is 0 Å². The van der Waals surface area contributed by atoms with Gasteiger partial charge in [0.25, 0.3) is 0 Å². The molecule has 0 saturated carbocycles. The fourth-order valence-electron chi connectivity index (χ4n) is 3.67. The SMILES string of the molecule is CCOc1ccc(CNCCN(CC=C(C)C)Cc2ccc(OCC)c(OCC)c2)cc1OCC. The van der Waals surface area contributed by atoms with Crippen molar-refractivity contribution < 1.29 is 18.9 Å². The van der Waals surface area contributed by atoms with Crippen molar-refractivity contribution in [1.82, 2.24) is 10.2 Å². The van der Waals surface area contributed by atoms with Gasteiger partial charge in [-0.15, -0.1) is 0 Å². The number of nitrogens with zero attached hydrogens (tertiary/aromatic N) is 1. The van der Waals surface area contributed by atoms with E-state index in [1.807, 2.05) is 39.8 Å². The molecule has 2 aromatic rings. The molecule has 0 amide bonds. The molecule has 0 aliphatic carbocycles. The van der Waals surface area contributed by atoms with Crippen LogP contribution in [0.5, 0.6) is 23.0 Å². The zero-order chi connectivity index (χ0) is 25.5. The summed E-state index contributed by atoms with van der Waals surface area (Å²) in [6, 6.07) is 12.4. The lowest BCUT2D eigenvalue weighted by Crippen LogP contribution is -2.32. The van der Waals surface area contributed by atoms with E-state index in [2.05, 4.69) is 54.4 Å². The predicted octanol–water partition coefficient (Wildman–Crippen LogP) is 5.84. The largest absolute Gasteiger partial charge is 0.490 e. The van der Waals surface area contributed by atoms with Gasteiger partial charge in [-0.1, -0.05) is 23.8 Å². The van der Waals surface area contributed by atoms with E-state index in [9.17, 15) is 0 Å². The van der Waals surface area contributed by atoms with E-state index in [1.54, 1.807) is 0 Å². The molecule has 0 radical (unpaired) electrons. The number of rotatable bonds is 17. The maximum Gasteiger partial charge on any atom is 0.161 e. The molecule has 0 aliphatic heterocycles. The Kier molecular flexibility index (Phi) is 13.1. The average molecular weight is 485 g/mol. The highest BCUT2D eigenvalue weighted by atomic mass is 16.5. The second kappa shape index (κ2) is 16.1. The molecule has 0 unspecified atom stereocenters. The number of benzene rings is 2. The zero-order valence-corrected chi connectivity index (χ0v) is 22.5. The third-order valence-electron chi connectivity index (χ3n) is 5.31. The van der Waals surface area contributed by atoms with E-state index in [0.717, 1.165) is 55.7 Å². The Bertz CT molecular complexity index is 910. The van der Waals surface area contributed by atoms with E-state index >= 15 is 0 Å². The smallest absolute Gasteiger partial charge is 0.161 e. The van der Waals surface area contributed by atoms with Crippen LogP contribution in [0.25, 0.3) is 0 Å². The molecule has 0 bridgehead atoms. The standard InChI is InChI=1S/C29H44N2O4/c1-7-32-26-13-11-24(19-28(26)34-9-3)21-30-16-18-31(17-15-23(5)6)22-25-12-14-27(33-8-2)29(20-25)35-10-4/h11-15,19-20,30H,7-10,16-18,21-22H2,1-6H3. The van der Waals surface area contributed by atoms with E-state index in [-0.39, 0.29) is 0 Å². The van der Waals surface area contributed by atoms with Gasteiger partial charge in [-0.25, -0.2) is 0 Å². The van der Waals surface area contributed by atoms with E-state index < -0.39 is 0 Å². The quantitative estimate of drug-likeness (QED) is 0.225. The van der Waals surface area contributed by atoms with Crippen LogP contribution in [0.2, 0.25) is 0 Å². The molecule has 2 rings (SSSR count). The molecule has 194 valence electrons. The number of hydrogen-bond donors (Lipinski definition) is 1. The molecule has 0 saturated heterocycles. The molecule has 0 spiro atoms. The lowest BCUT2D eigenvalue weighted by Gasteiger charge is -2.22. The first-order chi connectivity index (χ1) is 17.0. The molecule has 6 heteroatoms. The van der Waals surface area contributed by atoms with Crippen molar-refractivity contribution >= 4 is 0 Å². The van der Waals surface area contributed by atoms with Crippen LogP contribution in [0.3, 0.4) is 0 Å². The van der Waals surface area contributed by atoms with Crippen molar-refractivity contribution in [2.24, 2.45) is 0 Å². The van der Waals surface area contributed by atoms with Gasteiger partial charge in [0.2, 0.25) is 0 Å². The molecule has 1 N–H and O–H groups in total. The van der Waals surface area contributed by atoms with Crippen LogP contribution < -0.4 is 24.3 Å². The molecule has 0 heterocycles. The lowest BCUT2D eigenvalue weighted by molar-refractivity contribution is 0.280. The average Bonchev–Trinajstić information content (AvgIpc) is 2.83. The Hall–Kier alpha value is -2.70. The summed E-state index contributed by atoms with van der Waals surface area (Å²) in [6.07, 6.45) is 2.28. The molecule has 0 aliphatic rings. The predicted molar refractivity (Wildman–Crippen MR) is 144 cm³/mol. The molecule has 0 aromatic heterocycles. The number of allylic oxidation sites excluding steroid dienone is 1. The Morgan fingerprint density at radius 2 is 1.26 bits per heavy atom. The monoisotopic (exact) mass is 484 g/mol. The minimum Gasteiger partial charge on any atom is -0.490 e. The Balaban J connectivity index is 1.99. The van der Waals surface area contributed by atoms with Gasteiger partial charge in [0.15, 0.2) is 23.0 Å². The third kappa shape index (κ3) is 10.2. The second-order valence-electron chi connectivity index (χ2n) is 8.49. The van der Waals surface area contributed by atoms with E-state index in [4.69, 9.17) is 18.9 Å². The summed E-state index contributed by atoms with van der Waals surface area (Å²) >= 11 is 0. The van der Waals surface area contributed by atoms with Gasteiger partial charge in [0, 0.05) is 32.7 Å². The molecular weight excluding hydrogens is 440 g/mol. The van der Waals surface area contributed by atoms with Crippen molar-refractivity contribution in [2.45, 2.75) is 54.6 Å². The number of ether oxygens (including phenoxy) is 4. The summed E-state index contributed by atoms with van der Waals surface area (Å²) in [7, 11) is 0.